The van der Waals surface area contributed by atoms with E-state index in [0.29, 0.717) is 12.8 Å². The number of ketones is 2. The molecule has 0 spiro atoms. The Kier molecular flexibility index (Phi) is 17.8. The van der Waals surface area contributed by atoms with Crippen molar-refractivity contribution >= 4 is 11.6 Å². The number of aliphatic hydroxyl groups excluding tert-OH is 3. The van der Waals surface area contributed by atoms with E-state index in [1.807, 2.05) is 0 Å². The lowest BCUT2D eigenvalue weighted by Gasteiger charge is -2.21. The van der Waals surface area contributed by atoms with Gasteiger partial charge in [0.15, 0.2) is 11.6 Å². The zero-order chi connectivity index (χ0) is 21.2. The molecule has 0 rings (SSSR count). The van der Waals surface area contributed by atoms with Crippen molar-refractivity contribution in [3.05, 3.63) is 0 Å². The number of hydrogen-bond donors (Lipinski definition) is 3. The molecule has 3 unspecified atom stereocenters. The van der Waals surface area contributed by atoms with E-state index in [-0.39, 0.29) is 12.8 Å². The molecule has 0 amide bonds. The van der Waals surface area contributed by atoms with E-state index in [2.05, 4.69) is 6.92 Å². The number of rotatable bonds is 20. The molecule has 0 aliphatic carbocycles. The van der Waals surface area contributed by atoms with Crippen molar-refractivity contribution in [2.45, 2.75) is 135 Å². The monoisotopic (exact) mass is 400 g/mol. The lowest BCUT2D eigenvalue weighted by Crippen LogP contribution is -2.45. The minimum absolute atomic E-state index is 0.123. The van der Waals surface area contributed by atoms with Gasteiger partial charge in [-0.05, 0) is 12.8 Å². The zero-order valence-electron chi connectivity index (χ0n) is 18.2. The second-order valence-corrected chi connectivity index (χ2v) is 8.06. The highest BCUT2D eigenvalue weighted by atomic mass is 16.4. The third-order valence-corrected chi connectivity index (χ3v) is 5.33. The molecule has 0 fully saturated rings. The van der Waals surface area contributed by atoms with Crippen LogP contribution in [0, 0.1) is 0 Å². The Balaban J connectivity index is 3.64. The van der Waals surface area contributed by atoms with Crippen LogP contribution >= 0.6 is 0 Å². The Labute approximate surface area is 171 Å². The molecule has 3 N–H and O–H groups in total. The van der Waals surface area contributed by atoms with Gasteiger partial charge in [-0.3, -0.25) is 9.59 Å². The summed E-state index contributed by atoms with van der Waals surface area (Å²) in [4.78, 5) is 23.5. The third-order valence-electron chi connectivity index (χ3n) is 5.33. The molecule has 0 aromatic carbocycles. The molecule has 0 aromatic heterocycles. The Morgan fingerprint density at radius 3 is 1.29 bits per heavy atom. The second kappa shape index (κ2) is 18.3. The van der Waals surface area contributed by atoms with Gasteiger partial charge >= 0.3 is 0 Å². The van der Waals surface area contributed by atoms with E-state index in [9.17, 15) is 24.9 Å². The first-order chi connectivity index (χ1) is 13.5. The first-order valence-corrected chi connectivity index (χ1v) is 11.5. The fraction of sp³-hybridized carbons (Fsp3) is 0.913. The van der Waals surface area contributed by atoms with E-state index >= 15 is 0 Å². The lowest BCUT2D eigenvalue weighted by molar-refractivity contribution is -0.146. The molecule has 5 nitrogen and oxygen atoms in total. The first-order valence-electron chi connectivity index (χ1n) is 11.5. The predicted molar refractivity (Wildman–Crippen MR) is 113 cm³/mol. The number of Topliss-reactive ketones (excluding diaryl/α,β-unsaturated/α-hetero) is 2. The molecule has 0 aliphatic heterocycles. The predicted octanol–water partition coefficient (Wildman–Crippen LogP) is 4.49. The highest BCUT2D eigenvalue weighted by Crippen LogP contribution is 2.14. The summed E-state index contributed by atoms with van der Waals surface area (Å²) >= 11 is 0. The summed E-state index contributed by atoms with van der Waals surface area (Å²) in [5.41, 5.74) is 0. The van der Waals surface area contributed by atoms with Crippen LogP contribution in [0.3, 0.4) is 0 Å². The van der Waals surface area contributed by atoms with Gasteiger partial charge in [0.05, 0.1) is 0 Å². The minimum Gasteiger partial charge on any atom is -0.387 e. The van der Waals surface area contributed by atoms with Crippen LogP contribution in [0.4, 0.5) is 0 Å². The lowest BCUT2D eigenvalue weighted by atomic mass is 9.96. The van der Waals surface area contributed by atoms with Crippen LogP contribution in [0.15, 0.2) is 0 Å². The maximum atomic E-state index is 11.9. The summed E-state index contributed by atoms with van der Waals surface area (Å²) in [5, 5.41) is 29.4. The summed E-state index contributed by atoms with van der Waals surface area (Å²) in [6.45, 7) is 4.02. The largest absolute Gasteiger partial charge is 0.387 e. The van der Waals surface area contributed by atoms with Gasteiger partial charge in [0.25, 0.3) is 0 Å². The van der Waals surface area contributed by atoms with Crippen molar-refractivity contribution < 1.29 is 24.9 Å². The van der Waals surface area contributed by atoms with Crippen LogP contribution < -0.4 is 0 Å². The van der Waals surface area contributed by atoms with Gasteiger partial charge in [0.2, 0.25) is 0 Å². The van der Waals surface area contributed by atoms with Crippen LogP contribution in [0.5, 0.6) is 0 Å². The van der Waals surface area contributed by atoms with Crippen molar-refractivity contribution in [1.82, 2.24) is 0 Å². The molecule has 0 heterocycles. The summed E-state index contributed by atoms with van der Waals surface area (Å²) in [5.74, 6) is -1.04. The summed E-state index contributed by atoms with van der Waals surface area (Å²) in [6.07, 6.45) is 11.5. The van der Waals surface area contributed by atoms with Crippen LogP contribution in [-0.2, 0) is 9.59 Å². The molecule has 0 saturated heterocycles. The second-order valence-electron chi connectivity index (χ2n) is 8.06. The van der Waals surface area contributed by atoms with Gasteiger partial charge in [0, 0.05) is 12.8 Å². The van der Waals surface area contributed by atoms with Crippen molar-refractivity contribution in [1.29, 1.82) is 0 Å². The van der Waals surface area contributed by atoms with Crippen molar-refractivity contribution in [2.75, 3.05) is 0 Å². The van der Waals surface area contributed by atoms with Gasteiger partial charge in [0.1, 0.15) is 18.3 Å². The van der Waals surface area contributed by atoms with Gasteiger partial charge in [-0.15, -0.1) is 0 Å². The maximum absolute atomic E-state index is 11.9. The average Bonchev–Trinajstić information content (AvgIpc) is 2.69. The first kappa shape index (κ1) is 27.2. The molecule has 0 saturated carbocycles. The van der Waals surface area contributed by atoms with Gasteiger partial charge < -0.3 is 15.3 Å². The number of hydrogen-bond acceptors (Lipinski definition) is 5. The quantitative estimate of drug-likeness (QED) is 0.262. The minimum atomic E-state index is -1.73. The molecular weight excluding hydrogens is 356 g/mol. The molecule has 28 heavy (non-hydrogen) atoms. The summed E-state index contributed by atoms with van der Waals surface area (Å²) in [7, 11) is 0. The summed E-state index contributed by atoms with van der Waals surface area (Å²) < 4.78 is 0. The Hall–Kier alpha value is -0.780. The zero-order valence-corrected chi connectivity index (χ0v) is 18.2. The Bertz CT molecular complexity index is 396. The topological polar surface area (TPSA) is 94.8 Å². The van der Waals surface area contributed by atoms with E-state index in [0.717, 1.165) is 12.8 Å². The number of carbonyl (C=O) groups excluding carboxylic acids is 2. The molecule has 0 bridgehead atoms. The highest BCUT2D eigenvalue weighted by molar-refractivity contribution is 5.87. The highest BCUT2D eigenvalue weighted by Gasteiger charge is 2.33. The van der Waals surface area contributed by atoms with Crippen molar-refractivity contribution in [3.63, 3.8) is 0 Å². The standard InChI is InChI=1S/C23H44O5/c1-3-5-6-7-8-9-10-11-12-13-14-15-16-18-20(25)22(27)23(28)21(26)19(24)17-4-2/h21-23,26-28H,3-18H2,1-2H3. The van der Waals surface area contributed by atoms with Crippen LogP contribution in [0.1, 0.15) is 117 Å². The smallest absolute Gasteiger partial charge is 0.164 e. The van der Waals surface area contributed by atoms with Gasteiger partial charge in [-0.2, -0.15) is 0 Å². The molecule has 0 aliphatic rings. The number of unbranched alkanes of at least 4 members (excludes halogenated alkanes) is 12. The molecule has 0 aromatic rings. The molecule has 3 atom stereocenters. The Morgan fingerprint density at radius 1 is 0.536 bits per heavy atom. The van der Waals surface area contributed by atoms with Gasteiger partial charge in [-0.1, -0.05) is 90.9 Å². The molecule has 5 heteroatoms. The van der Waals surface area contributed by atoms with Crippen LogP contribution in [-0.4, -0.2) is 45.2 Å². The van der Waals surface area contributed by atoms with Crippen LogP contribution in [0.2, 0.25) is 0 Å². The fourth-order valence-electron chi connectivity index (χ4n) is 3.41. The number of carbonyl (C=O) groups is 2. The van der Waals surface area contributed by atoms with Crippen molar-refractivity contribution in [3.8, 4) is 0 Å². The van der Waals surface area contributed by atoms with Crippen LogP contribution in [0.25, 0.3) is 0 Å². The van der Waals surface area contributed by atoms with E-state index in [4.69, 9.17) is 0 Å². The SMILES string of the molecule is CCCCCCCCCCCCCCCC(=O)C(O)C(O)C(O)C(=O)CCC. The molecule has 0 radical (unpaired) electrons. The van der Waals surface area contributed by atoms with Crippen molar-refractivity contribution in [2.24, 2.45) is 0 Å². The maximum Gasteiger partial charge on any atom is 0.164 e. The van der Waals surface area contributed by atoms with E-state index < -0.39 is 29.9 Å². The number of aliphatic hydroxyl groups is 3. The Morgan fingerprint density at radius 2 is 0.893 bits per heavy atom. The molecular formula is C23H44O5. The summed E-state index contributed by atoms with van der Waals surface area (Å²) in [6, 6.07) is 0. The molecule has 166 valence electrons. The average molecular weight is 401 g/mol. The van der Waals surface area contributed by atoms with Gasteiger partial charge in [-0.25, -0.2) is 0 Å². The normalized spacial score (nSPS) is 14.6. The van der Waals surface area contributed by atoms with E-state index in [1.165, 1.54) is 64.2 Å². The fourth-order valence-corrected chi connectivity index (χ4v) is 3.41. The third kappa shape index (κ3) is 13.4. The van der Waals surface area contributed by atoms with E-state index in [1.54, 1.807) is 6.92 Å².